The normalized spacial score (nSPS) is 17.6. The second kappa shape index (κ2) is 7.90. The first-order chi connectivity index (χ1) is 15.4. The van der Waals surface area contributed by atoms with Gasteiger partial charge in [0.15, 0.2) is 15.5 Å². The Hall–Kier alpha value is -3.46. The number of furan rings is 1. The van der Waals surface area contributed by atoms with E-state index < -0.39 is 9.84 Å². The molecule has 164 valence electrons. The smallest absolute Gasteiger partial charge is 0.254 e. The Labute approximate surface area is 185 Å². The first-order valence-corrected chi connectivity index (χ1v) is 12.2. The third-order valence-corrected chi connectivity index (χ3v) is 7.62. The van der Waals surface area contributed by atoms with Gasteiger partial charge in [-0.15, -0.1) is 0 Å². The molecule has 4 heterocycles. The van der Waals surface area contributed by atoms with E-state index >= 15 is 0 Å². The highest BCUT2D eigenvalue weighted by atomic mass is 32.2. The quantitative estimate of drug-likeness (QED) is 0.464. The van der Waals surface area contributed by atoms with Crippen LogP contribution in [0.4, 0.5) is 0 Å². The number of hydrogen-bond donors (Lipinski definition) is 0. The van der Waals surface area contributed by atoms with E-state index in [0.29, 0.717) is 35.3 Å². The summed E-state index contributed by atoms with van der Waals surface area (Å²) in [6, 6.07) is 14.7. The van der Waals surface area contributed by atoms with Crippen LogP contribution in [0.1, 0.15) is 22.5 Å². The second-order valence-electron chi connectivity index (χ2n) is 8.01. The minimum atomic E-state index is -3.11. The number of aromatic nitrogens is 3. The predicted octanol–water partition coefficient (Wildman–Crippen LogP) is 3.00. The summed E-state index contributed by atoms with van der Waals surface area (Å²) in [5.74, 6) is 0.585. The first kappa shape index (κ1) is 20.4. The van der Waals surface area contributed by atoms with E-state index in [1.54, 1.807) is 30.3 Å². The lowest BCUT2D eigenvalue weighted by atomic mass is 10.1. The Bertz CT molecular complexity index is 1380. The summed E-state index contributed by atoms with van der Waals surface area (Å²) in [7, 11) is -1.45. The van der Waals surface area contributed by atoms with E-state index in [4.69, 9.17) is 9.40 Å². The van der Waals surface area contributed by atoms with Crippen LogP contribution in [0, 0.1) is 0 Å². The Morgan fingerprint density at radius 3 is 2.72 bits per heavy atom. The molecule has 1 fully saturated rings. The molecule has 0 spiro atoms. The molecule has 1 aliphatic rings. The van der Waals surface area contributed by atoms with Crippen molar-refractivity contribution in [3.8, 4) is 11.3 Å². The van der Waals surface area contributed by atoms with Crippen LogP contribution in [0.2, 0.25) is 0 Å². The van der Waals surface area contributed by atoms with E-state index in [9.17, 15) is 13.2 Å². The SMILES string of the molecule is CN(C(=O)c1cc(-c2ccccc2)nc2c1cnn2Cc1ccco1)C1CCS(=O)(=O)C1. The Morgan fingerprint density at radius 1 is 1.22 bits per heavy atom. The standard InChI is InChI=1S/C23H22N4O4S/c1-26(17-9-11-32(29,30)15-17)23(28)19-12-21(16-6-3-2-4-7-16)25-22-20(19)13-24-27(22)14-18-8-5-10-31-18/h2-8,10,12-13,17H,9,11,14-15H2,1H3. The van der Waals surface area contributed by atoms with E-state index in [1.165, 1.54) is 4.90 Å². The zero-order chi connectivity index (χ0) is 22.3. The Kier molecular flexibility index (Phi) is 5.05. The maximum Gasteiger partial charge on any atom is 0.254 e. The van der Waals surface area contributed by atoms with Gasteiger partial charge in [0, 0.05) is 18.7 Å². The van der Waals surface area contributed by atoms with Gasteiger partial charge < -0.3 is 9.32 Å². The molecule has 1 saturated heterocycles. The van der Waals surface area contributed by atoms with Crippen molar-refractivity contribution in [1.29, 1.82) is 0 Å². The topological polar surface area (TPSA) is 98.3 Å². The molecular weight excluding hydrogens is 428 g/mol. The van der Waals surface area contributed by atoms with Gasteiger partial charge in [-0.25, -0.2) is 18.1 Å². The lowest BCUT2D eigenvalue weighted by molar-refractivity contribution is 0.0749. The summed E-state index contributed by atoms with van der Waals surface area (Å²) in [4.78, 5) is 19.9. The van der Waals surface area contributed by atoms with E-state index in [-0.39, 0.29) is 23.5 Å². The molecule has 1 aromatic carbocycles. The number of carbonyl (C=O) groups excluding carboxylic acids is 1. The highest BCUT2D eigenvalue weighted by molar-refractivity contribution is 7.91. The molecule has 5 rings (SSSR count). The zero-order valence-corrected chi connectivity index (χ0v) is 18.3. The Balaban J connectivity index is 1.60. The lowest BCUT2D eigenvalue weighted by Gasteiger charge is -2.24. The number of amides is 1. The number of benzene rings is 1. The Morgan fingerprint density at radius 2 is 2.03 bits per heavy atom. The molecule has 0 radical (unpaired) electrons. The predicted molar refractivity (Wildman–Crippen MR) is 120 cm³/mol. The third kappa shape index (κ3) is 3.80. The van der Waals surface area contributed by atoms with Gasteiger partial charge in [-0.1, -0.05) is 30.3 Å². The fraction of sp³-hybridized carbons (Fsp3) is 0.261. The highest BCUT2D eigenvalue weighted by Gasteiger charge is 2.34. The lowest BCUT2D eigenvalue weighted by Crippen LogP contribution is -2.38. The number of pyridine rings is 1. The van der Waals surface area contributed by atoms with Crippen LogP contribution in [0.3, 0.4) is 0 Å². The molecule has 0 N–H and O–H groups in total. The summed E-state index contributed by atoms with van der Waals surface area (Å²) >= 11 is 0. The third-order valence-electron chi connectivity index (χ3n) is 5.87. The molecule has 32 heavy (non-hydrogen) atoms. The van der Waals surface area contributed by atoms with Gasteiger partial charge in [-0.05, 0) is 24.6 Å². The number of sulfone groups is 1. The molecular formula is C23H22N4O4S. The van der Waals surface area contributed by atoms with Gasteiger partial charge in [0.2, 0.25) is 0 Å². The van der Waals surface area contributed by atoms with Crippen LogP contribution in [0.5, 0.6) is 0 Å². The summed E-state index contributed by atoms with van der Waals surface area (Å²) in [6.45, 7) is 0.381. The van der Waals surface area contributed by atoms with E-state index in [0.717, 1.165) is 11.3 Å². The molecule has 0 saturated carbocycles. The van der Waals surface area contributed by atoms with Gasteiger partial charge in [0.1, 0.15) is 12.3 Å². The first-order valence-electron chi connectivity index (χ1n) is 10.3. The largest absolute Gasteiger partial charge is 0.467 e. The molecule has 1 amide bonds. The van der Waals surface area contributed by atoms with Gasteiger partial charge >= 0.3 is 0 Å². The molecule has 8 nitrogen and oxygen atoms in total. The van der Waals surface area contributed by atoms with Crippen molar-refractivity contribution < 1.29 is 17.6 Å². The van der Waals surface area contributed by atoms with Crippen molar-refractivity contribution in [2.75, 3.05) is 18.6 Å². The van der Waals surface area contributed by atoms with Crippen molar-refractivity contribution in [1.82, 2.24) is 19.7 Å². The van der Waals surface area contributed by atoms with Gasteiger partial charge in [0.25, 0.3) is 5.91 Å². The van der Waals surface area contributed by atoms with Crippen molar-refractivity contribution in [2.45, 2.75) is 19.0 Å². The summed E-state index contributed by atoms with van der Waals surface area (Å²) in [5.41, 5.74) is 2.54. The maximum absolute atomic E-state index is 13.5. The number of fused-ring (bicyclic) bond motifs is 1. The molecule has 4 aromatic rings. The molecule has 0 aliphatic carbocycles. The van der Waals surface area contributed by atoms with Crippen LogP contribution in [0.25, 0.3) is 22.3 Å². The van der Waals surface area contributed by atoms with Crippen LogP contribution in [-0.2, 0) is 16.4 Å². The van der Waals surface area contributed by atoms with Crippen molar-refractivity contribution >= 4 is 26.8 Å². The average Bonchev–Trinajstić information content (AvgIpc) is 3.54. The van der Waals surface area contributed by atoms with Crippen LogP contribution >= 0.6 is 0 Å². The van der Waals surface area contributed by atoms with Crippen molar-refractivity contribution in [3.63, 3.8) is 0 Å². The highest BCUT2D eigenvalue weighted by Crippen LogP contribution is 2.27. The minimum absolute atomic E-state index is 0.00718. The average molecular weight is 451 g/mol. The number of hydrogen-bond acceptors (Lipinski definition) is 6. The van der Waals surface area contributed by atoms with Crippen LogP contribution in [0.15, 0.2) is 65.4 Å². The number of nitrogens with zero attached hydrogens (tertiary/aromatic N) is 4. The number of carbonyl (C=O) groups is 1. The second-order valence-corrected chi connectivity index (χ2v) is 10.2. The van der Waals surface area contributed by atoms with E-state index in [2.05, 4.69) is 5.10 Å². The zero-order valence-electron chi connectivity index (χ0n) is 17.5. The summed E-state index contributed by atoms with van der Waals surface area (Å²) < 4.78 is 31.0. The van der Waals surface area contributed by atoms with Gasteiger partial charge in [0.05, 0.1) is 40.6 Å². The fourth-order valence-corrected chi connectivity index (χ4v) is 5.86. The van der Waals surface area contributed by atoms with Gasteiger partial charge in [-0.3, -0.25) is 4.79 Å². The monoisotopic (exact) mass is 450 g/mol. The molecule has 3 aromatic heterocycles. The van der Waals surface area contributed by atoms with Crippen LogP contribution < -0.4 is 0 Å². The molecule has 1 atom stereocenters. The molecule has 1 unspecified atom stereocenters. The van der Waals surface area contributed by atoms with Crippen molar-refractivity contribution in [3.05, 3.63) is 72.3 Å². The summed E-state index contributed by atoms with van der Waals surface area (Å²) in [5, 5.41) is 5.07. The van der Waals surface area contributed by atoms with Gasteiger partial charge in [-0.2, -0.15) is 5.10 Å². The number of rotatable bonds is 5. The molecule has 9 heteroatoms. The molecule has 1 aliphatic heterocycles. The molecule has 0 bridgehead atoms. The summed E-state index contributed by atoms with van der Waals surface area (Å²) in [6.07, 6.45) is 3.68. The minimum Gasteiger partial charge on any atom is -0.467 e. The maximum atomic E-state index is 13.5. The van der Waals surface area contributed by atoms with Crippen molar-refractivity contribution in [2.24, 2.45) is 0 Å². The van der Waals surface area contributed by atoms with Crippen LogP contribution in [-0.4, -0.2) is 58.6 Å². The van der Waals surface area contributed by atoms with E-state index in [1.807, 2.05) is 42.5 Å². The fourth-order valence-electron chi connectivity index (χ4n) is 4.08.